The van der Waals surface area contributed by atoms with Crippen LogP contribution in [-0.4, -0.2) is 27.7 Å². The van der Waals surface area contributed by atoms with Gasteiger partial charge < -0.3 is 9.84 Å². The van der Waals surface area contributed by atoms with Crippen LogP contribution in [0.15, 0.2) is 60.8 Å². The second kappa shape index (κ2) is 8.52. The van der Waals surface area contributed by atoms with Crippen LogP contribution in [0.2, 0.25) is 10.0 Å². The molecule has 0 fully saturated rings. The molecule has 1 heterocycles. The molecule has 0 aliphatic carbocycles. The standard InChI is InChI=1S/C23H16Cl2F4N2O2/c1-13-8-18(24)21(19(25)9-13)33-12-22(32,23(27,28)29)15-2-7-20-14(10-15)11-30-31(20)17-5-3-16(26)4-6-17/h2-11,32H,12H2,1H3. The molecule has 33 heavy (non-hydrogen) atoms. The van der Waals surface area contributed by atoms with Crippen LogP contribution >= 0.6 is 23.2 Å². The van der Waals surface area contributed by atoms with Crippen LogP contribution < -0.4 is 4.74 Å². The van der Waals surface area contributed by atoms with E-state index >= 15 is 0 Å². The topological polar surface area (TPSA) is 47.3 Å². The molecule has 10 heteroatoms. The molecular formula is C23H16Cl2F4N2O2. The van der Waals surface area contributed by atoms with Crippen molar-refractivity contribution in [2.45, 2.75) is 18.7 Å². The predicted molar refractivity (Wildman–Crippen MR) is 118 cm³/mol. The first-order valence-electron chi connectivity index (χ1n) is 9.61. The fourth-order valence-corrected chi connectivity index (χ4v) is 4.11. The highest BCUT2D eigenvalue weighted by atomic mass is 35.5. The number of alkyl halides is 3. The van der Waals surface area contributed by atoms with Gasteiger partial charge in [-0.2, -0.15) is 18.3 Å². The number of rotatable bonds is 5. The molecule has 0 aliphatic heterocycles. The number of hydrogen-bond donors (Lipinski definition) is 1. The van der Waals surface area contributed by atoms with E-state index in [4.69, 9.17) is 27.9 Å². The zero-order valence-corrected chi connectivity index (χ0v) is 18.5. The molecule has 0 saturated carbocycles. The molecule has 1 aromatic heterocycles. The lowest BCUT2D eigenvalue weighted by Crippen LogP contribution is -2.47. The van der Waals surface area contributed by atoms with Crippen molar-refractivity contribution >= 4 is 34.1 Å². The Kier molecular flexibility index (Phi) is 6.03. The number of ether oxygens (including phenoxy) is 1. The summed E-state index contributed by atoms with van der Waals surface area (Å²) in [6.45, 7) is 0.547. The molecule has 1 unspecified atom stereocenters. The number of aromatic nitrogens is 2. The summed E-state index contributed by atoms with van der Waals surface area (Å²) in [4.78, 5) is 0. The third kappa shape index (κ3) is 4.38. The fraction of sp³-hybridized carbons (Fsp3) is 0.174. The quantitative estimate of drug-likeness (QED) is 0.315. The van der Waals surface area contributed by atoms with Gasteiger partial charge in [0.1, 0.15) is 12.4 Å². The minimum Gasteiger partial charge on any atom is -0.487 e. The van der Waals surface area contributed by atoms with Gasteiger partial charge in [-0.25, -0.2) is 9.07 Å². The maximum atomic E-state index is 14.0. The monoisotopic (exact) mass is 498 g/mol. The Morgan fingerprint density at radius 1 is 1.00 bits per heavy atom. The zero-order chi connectivity index (χ0) is 24.0. The van der Waals surface area contributed by atoms with Crippen molar-refractivity contribution in [3.05, 3.63) is 87.8 Å². The van der Waals surface area contributed by atoms with E-state index in [0.29, 0.717) is 22.2 Å². The van der Waals surface area contributed by atoms with Crippen molar-refractivity contribution in [1.29, 1.82) is 0 Å². The van der Waals surface area contributed by atoms with Crippen molar-refractivity contribution in [2.75, 3.05) is 6.61 Å². The molecule has 4 nitrogen and oxygen atoms in total. The molecule has 0 saturated heterocycles. The lowest BCUT2D eigenvalue weighted by atomic mass is 9.93. The highest BCUT2D eigenvalue weighted by molar-refractivity contribution is 6.37. The van der Waals surface area contributed by atoms with Gasteiger partial charge >= 0.3 is 6.18 Å². The lowest BCUT2D eigenvalue weighted by molar-refractivity contribution is -0.275. The average Bonchev–Trinajstić information content (AvgIpc) is 3.16. The Morgan fingerprint density at radius 3 is 2.24 bits per heavy atom. The van der Waals surface area contributed by atoms with Crippen LogP contribution in [0.5, 0.6) is 5.75 Å². The van der Waals surface area contributed by atoms with E-state index in [-0.39, 0.29) is 15.8 Å². The van der Waals surface area contributed by atoms with Crippen LogP contribution in [-0.2, 0) is 5.60 Å². The second-order valence-electron chi connectivity index (χ2n) is 7.51. The SMILES string of the molecule is Cc1cc(Cl)c(OCC(O)(c2ccc3c(cnn3-c3ccc(F)cc3)c2)C(F)(F)F)c(Cl)c1. The van der Waals surface area contributed by atoms with E-state index in [1.807, 2.05) is 0 Å². The van der Waals surface area contributed by atoms with Crippen molar-refractivity contribution in [3.63, 3.8) is 0 Å². The summed E-state index contributed by atoms with van der Waals surface area (Å²) in [5.41, 5.74) is -2.10. The molecule has 1 atom stereocenters. The van der Waals surface area contributed by atoms with Crippen LogP contribution in [0, 0.1) is 12.7 Å². The molecule has 0 spiro atoms. The van der Waals surface area contributed by atoms with Crippen molar-refractivity contribution in [3.8, 4) is 11.4 Å². The smallest absolute Gasteiger partial charge is 0.424 e. The van der Waals surface area contributed by atoms with Gasteiger partial charge in [-0.05, 0) is 66.6 Å². The van der Waals surface area contributed by atoms with Gasteiger partial charge in [0, 0.05) is 5.39 Å². The number of benzene rings is 3. The number of hydrogen-bond acceptors (Lipinski definition) is 3. The summed E-state index contributed by atoms with van der Waals surface area (Å²) < 4.78 is 62.0. The minimum atomic E-state index is -5.07. The maximum Gasteiger partial charge on any atom is 0.424 e. The van der Waals surface area contributed by atoms with Crippen molar-refractivity contribution in [1.82, 2.24) is 9.78 Å². The number of halogens is 6. The molecule has 172 valence electrons. The molecule has 0 radical (unpaired) electrons. The van der Waals surface area contributed by atoms with Gasteiger partial charge in [0.2, 0.25) is 5.60 Å². The van der Waals surface area contributed by atoms with Gasteiger partial charge in [0.15, 0.2) is 5.75 Å². The Labute approximate surface area is 195 Å². The Morgan fingerprint density at radius 2 is 1.64 bits per heavy atom. The Bertz CT molecular complexity index is 1300. The second-order valence-corrected chi connectivity index (χ2v) is 8.33. The Hall–Kier alpha value is -2.81. The third-order valence-electron chi connectivity index (χ3n) is 5.15. The van der Waals surface area contributed by atoms with E-state index in [2.05, 4.69) is 5.10 Å². The highest BCUT2D eigenvalue weighted by Gasteiger charge is 2.56. The molecule has 0 amide bonds. The van der Waals surface area contributed by atoms with Crippen LogP contribution in [0.1, 0.15) is 11.1 Å². The zero-order valence-electron chi connectivity index (χ0n) is 17.0. The summed E-state index contributed by atoms with van der Waals surface area (Å²) in [7, 11) is 0. The number of aryl methyl sites for hydroxylation is 1. The number of nitrogens with zero attached hydrogens (tertiary/aromatic N) is 2. The van der Waals surface area contributed by atoms with Crippen LogP contribution in [0.4, 0.5) is 17.6 Å². The molecular weight excluding hydrogens is 483 g/mol. The van der Waals surface area contributed by atoms with Gasteiger partial charge in [-0.1, -0.05) is 29.3 Å². The summed E-state index contributed by atoms with van der Waals surface area (Å²) in [5, 5.41) is 15.3. The first kappa shape index (κ1) is 23.4. The van der Waals surface area contributed by atoms with E-state index in [0.717, 1.165) is 6.07 Å². The molecule has 1 N–H and O–H groups in total. The maximum absolute atomic E-state index is 14.0. The van der Waals surface area contributed by atoms with Gasteiger partial charge in [0.25, 0.3) is 0 Å². The van der Waals surface area contributed by atoms with Crippen molar-refractivity contribution < 1.29 is 27.4 Å². The summed E-state index contributed by atoms with van der Waals surface area (Å²) in [6, 6.07) is 12.2. The number of aliphatic hydroxyl groups is 1. The normalized spacial score (nSPS) is 13.8. The number of fused-ring (bicyclic) bond motifs is 1. The summed E-state index contributed by atoms with van der Waals surface area (Å²) >= 11 is 12.1. The van der Waals surface area contributed by atoms with Gasteiger partial charge in [-0.15, -0.1) is 0 Å². The van der Waals surface area contributed by atoms with Crippen LogP contribution in [0.25, 0.3) is 16.6 Å². The molecule has 4 aromatic rings. The molecule has 3 aromatic carbocycles. The van der Waals surface area contributed by atoms with Gasteiger partial charge in [0.05, 0.1) is 27.4 Å². The summed E-state index contributed by atoms with van der Waals surface area (Å²) in [5.74, 6) is -0.585. The summed E-state index contributed by atoms with van der Waals surface area (Å²) in [6.07, 6.45) is -3.72. The molecule has 0 aliphatic rings. The molecule has 0 bridgehead atoms. The minimum absolute atomic E-state index is 0.0283. The van der Waals surface area contributed by atoms with Crippen LogP contribution in [0.3, 0.4) is 0 Å². The lowest BCUT2D eigenvalue weighted by Gasteiger charge is -2.31. The molecule has 4 rings (SSSR count). The Balaban J connectivity index is 1.71. The average molecular weight is 499 g/mol. The van der Waals surface area contributed by atoms with E-state index < -0.39 is 29.8 Å². The van der Waals surface area contributed by atoms with E-state index in [9.17, 15) is 22.7 Å². The highest BCUT2D eigenvalue weighted by Crippen LogP contribution is 2.42. The largest absolute Gasteiger partial charge is 0.487 e. The first-order valence-corrected chi connectivity index (χ1v) is 10.4. The van der Waals surface area contributed by atoms with E-state index in [1.54, 1.807) is 6.92 Å². The third-order valence-corrected chi connectivity index (χ3v) is 5.72. The van der Waals surface area contributed by atoms with E-state index in [1.165, 1.54) is 59.4 Å². The fourth-order valence-electron chi connectivity index (χ4n) is 3.41. The predicted octanol–water partition coefficient (Wildman–Crippen LogP) is 6.61. The first-order chi connectivity index (χ1) is 15.5. The van der Waals surface area contributed by atoms with Crippen molar-refractivity contribution in [2.24, 2.45) is 0 Å². The van der Waals surface area contributed by atoms with Gasteiger partial charge in [-0.3, -0.25) is 0 Å².